The first kappa shape index (κ1) is 11.1. The Labute approximate surface area is 97.7 Å². The molecule has 16 heavy (non-hydrogen) atoms. The number of imidazole rings is 1. The van der Waals surface area contributed by atoms with E-state index in [0.29, 0.717) is 18.1 Å². The topological polar surface area (TPSA) is 43.8 Å². The monoisotopic (exact) mass is 239 g/mol. The maximum absolute atomic E-state index is 13.0. The molecule has 2 rings (SSSR count). The van der Waals surface area contributed by atoms with Gasteiger partial charge in [0.05, 0.1) is 18.6 Å². The molecule has 0 aliphatic rings. The lowest BCUT2D eigenvalue weighted by atomic mass is 10.2. The molecule has 84 valence electrons. The van der Waals surface area contributed by atoms with Gasteiger partial charge in [-0.1, -0.05) is 11.6 Å². The zero-order valence-electron chi connectivity index (χ0n) is 8.53. The second kappa shape index (κ2) is 4.63. The summed E-state index contributed by atoms with van der Waals surface area (Å²) in [5, 5.41) is 0.546. The SMILES string of the molecule is NCc1cn(Cc2cc(F)ccc2Cl)cn1. The second-order valence-electron chi connectivity index (χ2n) is 3.48. The first-order valence-electron chi connectivity index (χ1n) is 4.83. The zero-order chi connectivity index (χ0) is 11.5. The standard InChI is InChI=1S/C11H11ClFN3/c12-11-2-1-9(13)3-8(11)5-16-6-10(4-14)15-7-16/h1-3,6-7H,4-5,14H2. The minimum absolute atomic E-state index is 0.293. The summed E-state index contributed by atoms with van der Waals surface area (Å²) >= 11 is 5.96. The van der Waals surface area contributed by atoms with Crippen molar-refractivity contribution in [3.8, 4) is 0 Å². The summed E-state index contributed by atoms with van der Waals surface area (Å²) in [6, 6.07) is 4.31. The van der Waals surface area contributed by atoms with Crippen LogP contribution in [0.5, 0.6) is 0 Å². The van der Waals surface area contributed by atoms with Crippen molar-refractivity contribution < 1.29 is 4.39 Å². The van der Waals surface area contributed by atoms with Crippen LogP contribution in [0.4, 0.5) is 4.39 Å². The Kier molecular flexibility index (Phi) is 3.22. The Balaban J connectivity index is 2.22. The van der Waals surface area contributed by atoms with E-state index >= 15 is 0 Å². The molecule has 0 saturated heterocycles. The molecule has 0 fully saturated rings. The molecule has 0 radical (unpaired) electrons. The van der Waals surface area contributed by atoms with Gasteiger partial charge in [0.1, 0.15) is 5.82 Å². The number of hydrogen-bond donors (Lipinski definition) is 1. The fourth-order valence-corrected chi connectivity index (χ4v) is 1.64. The van der Waals surface area contributed by atoms with Crippen molar-refractivity contribution in [1.29, 1.82) is 0 Å². The predicted octanol–water partition coefficient (Wildman–Crippen LogP) is 2.18. The molecule has 2 N–H and O–H groups in total. The summed E-state index contributed by atoms with van der Waals surface area (Å²) in [6.07, 6.45) is 3.48. The van der Waals surface area contributed by atoms with E-state index in [-0.39, 0.29) is 5.82 Å². The van der Waals surface area contributed by atoms with Crippen molar-refractivity contribution in [3.63, 3.8) is 0 Å². The van der Waals surface area contributed by atoms with E-state index in [1.807, 2.05) is 10.8 Å². The van der Waals surface area contributed by atoms with Crippen LogP contribution < -0.4 is 5.73 Å². The lowest BCUT2D eigenvalue weighted by Gasteiger charge is -2.04. The van der Waals surface area contributed by atoms with Gasteiger partial charge in [0.2, 0.25) is 0 Å². The Hall–Kier alpha value is -1.39. The molecule has 1 aromatic heterocycles. The molecule has 5 heteroatoms. The van der Waals surface area contributed by atoms with E-state index in [1.165, 1.54) is 12.1 Å². The summed E-state index contributed by atoms with van der Waals surface area (Å²) in [6.45, 7) is 0.882. The third-order valence-electron chi connectivity index (χ3n) is 2.26. The largest absolute Gasteiger partial charge is 0.333 e. The molecule has 0 atom stereocenters. The predicted molar refractivity (Wildman–Crippen MR) is 60.6 cm³/mol. The van der Waals surface area contributed by atoms with E-state index in [2.05, 4.69) is 4.98 Å². The van der Waals surface area contributed by atoms with Gasteiger partial charge in [-0.2, -0.15) is 0 Å². The smallest absolute Gasteiger partial charge is 0.123 e. The summed E-state index contributed by atoms with van der Waals surface area (Å²) < 4.78 is 14.8. The van der Waals surface area contributed by atoms with Crippen LogP contribution in [0.15, 0.2) is 30.7 Å². The van der Waals surface area contributed by atoms with Crippen molar-refractivity contribution in [2.45, 2.75) is 13.1 Å². The molecule has 1 heterocycles. The maximum Gasteiger partial charge on any atom is 0.123 e. The highest BCUT2D eigenvalue weighted by Crippen LogP contribution is 2.18. The Bertz CT molecular complexity index is 496. The lowest BCUT2D eigenvalue weighted by molar-refractivity contribution is 0.623. The molecule has 3 nitrogen and oxygen atoms in total. The lowest BCUT2D eigenvalue weighted by Crippen LogP contribution is -1.99. The van der Waals surface area contributed by atoms with Crippen LogP contribution in [0.3, 0.4) is 0 Å². The number of halogens is 2. The number of nitrogens with zero attached hydrogens (tertiary/aromatic N) is 2. The van der Waals surface area contributed by atoms with Crippen molar-refractivity contribution in [2.75, 3.05) is 0 Å². The zero-order valence-corrected chi connectivity index (χ0v) is 9.28. The van der Waals surface area contributed by atoms with Gasteiger partial charge in [0, 0.05) is 17.8 Å². The first-order chi connectivity index (χ1) is 7.69. The molecular weight excluding hydrogens is 229 g/mol. The van der Waals surface area contributed by atoms with Crippen molar-refractivity contribution in [1.82, 2.24) is 9.55 Å². The van der Waals surface area contributed by atoms with E-state index < -0.39 is 0 Å². The Morgan fingerprint density at radius 2 is 2.25 bits per heavy atom. The van der Waals surface area contributed by atoms with Crippen molar-refractivity contribution in [3.05, 3.63) is 52.8 Å². The molecule has 0 saturated carbocycles. The highest BCUT2D eigenvalue weighted by molar-refractivity contribution is 6.31. The quantitative estimate of drug-likeness (QED) is 0.892. The molecule has 0 amide bonds. The fourth-order valence-electron chi connectivity index (χ4n) is 1.46. The Morgan fingerprint density at radius 3 is 2.94 bits per heavy atom. The number of nitrogens with two attached hydrogens (primary N) is 1. The van der Waals surface area contributed by atoms with Crippen molar-refractivity contribution in [2.24, 2.45) is 5.73 Å². The van der Waals surface area contributed by atoms with Crippen LogP contribution in [-0.2, 0) is 13.1 Å². The summed E-state index contributed by atoms with van der Waals surface area (Å²) in [5.41, 5.74) is 6.97. The van der Waals surface area contributed by atoms with Gasteiger partial charge in [-0.05, 0) is 23.8 Å². The minimum atomic E-state index is -0.293. The van der Waals surface area contributed by atoms with Gasteiger partial charge < -0.3 is 10.3 Å². The molecular formula is C11H11ClFN3. The third-order valence-corrected chi connectivity index (χ3v) is 2.63. The molecule has 1 aromatic carbocycles. The van der Waals surface area contributed by atoms with Crippen LogP contribution >= 0.6 is 11.6 Å². The summed E-state index contributed by atoms with van der Waals surface area (Å²) in [5.74, 6) is -0.293. The molecule has 0 aliphatic heterocycles. The van der Waals surface area contributed by atoms with Gasteiger partial charge in [-0.3, -0.25) is 0 Å². The summed E-state index contributed by atoms with van der Waals surface area (Å²) in [7, 11) is 0. The first-order valence-corrected chi connectivity index (χ1v) is 5.21. The van der Waals surface area contributed by atoms with Gasteiger partial charge in [-0.15, -0.1) is 0 Å². The van der Waals surface area contributed by atoms with Gasteiger partial charge in [0.25, 0.3) is 0 Å². The second-order valence-corrected chi connectivity index (χ2v) is 3.88. The molecule has 0 unspecified atom stereocenters. The Morgan fingerprint density at radius 1 is 1.44 bits per heavy atom. The average Bonchev–Trinajstić information content (AvgIpc) is 2.71. The average molecular weight is 240 g/mol. The van der Waals surface area contributed by atoms with Gasteiger partial charge in [0.15, 0.2) is 0 Å². The highest BCUT2D eigenvalue weighted by Gasteiger charge is 2.04. The third kappa shape index (κ3) is 2.40. The van der Waals surface area contributed by atoms with Crippen LogP contribution in [-0.4, -0.2) is 9.55 Å². The molecule has 2 aromatic rings. The van der Waals surface area contributed by atoms with E-state index in [0.717, 1.165) is 11.3 Å². The van der Waals surface area contributed by atoms with Crippen LogP contribution in [0.2, 0.25) is 5.02 Å². The van der Waals surface area contributed by atoms with Crippen LogP contribution in [0, 0.1) is 5.82 Å². The van der Waals surface area contributed by atoms with E-state index in [1.54, 1.807) is 12.4 Å². The van der Waals surface area contributed by atoms with Gasteiger partial charge in [-0.25, -0.2) is 9.37 Å². The molecule has 0 bridgehead atoms. The number of rotatable bonds is 3. The fraction of sp³-hybridized carbons (Fsp3) is 0.182. The number of aromatic nitrogens is 2. The number of benzene rings is 1. The normalized spacial score (nSPS) is 10.7. The van der Waals surface area contributed by atoms with Crippen LogP contribution in [0.1, 0.15) is 11.3 Å². The van der Waals surface area contributed by atoms with E-state index in [4.69, 9.17) is 17.3 Å². The minimum Gasteiger partial charge on any atom is -0.333 e. The number of hydrogen-bond acceptors (Lipinski definition) is 2. The maximum atomic E-state index is 13.0. The van der Waals surface area contributed by atoms with Gasteiger partial charge >= 0.3 is 0 Å². The molecule has 0 spiro atoms. The molecule has 0 aliphatic carbocycles. The van der Waals surface area contributed by atoms with E-state index in [9.17, 15) is 4.39 Å². The highest BCUT2D eigenvalue weighted by atomic mass is 35.5. The van der Waals surface area contributed by atoms with Crippen molar-refractivity contribution >= 4 is 11.6 Å². The van der Waals surface area contributed by atoms with Crippen LogP contribution in [0.25, 0.3) is 0 Å². The summed E-state index contributed by atoms with van der Waals surface area (Å²) in [4.78, 5) is 4.08.